The first-order valence-electron chi connectivity index (χ1n) is 9.29. The summed E-state index contributed by atoms with van der Waals surface area (Å²) in [5.74, 6) is 0.147. The van der Waals surface area contributed by atoms with Crippen LogP contribution in [0.4, 0.5) is 4.79 Å². The zero-order chi connectivity index (χ0) is 19.9. The minimum Gasteiger partial charge on any atom is -0.445 e. The lowest BCUT2D eigenvalue weighted by atomic mass is 9.94. The van der Waals surface area contributed by atoms with Gasteiger partial charge in [0, 0.05) is 29.3 Å². The van der Waals surface area contributed by atoms with Crippen molar-refractivity contribution in [2.75, 3.05) is 26.4 Å². The highest BCUT2D eigenvalue weighted by Crippen LogP contribution is 2.33. The minimum absolute atomic E-state index is 0.147. The molecule has 1 amide bonds. The van der Waals surface area contributed by atoms with E-state index in [0.717, 1.165) is 15.8 Å². The third kappa shape index (κ3) is 5.56. The van der Waals surface area contributed by atoms with Gasteiger partial charge in [0.1, 0.15) is 12.8 Å². The van der Waals surface area contributed by atoms with E-state index in [1.165, 1.54) is 5.56 Å². The lowest BCUT2D eigenvalue weighted by molar-refractivity contribution is -0.189. The van der Waals surface area contributed by atoms with Gasteiger partial charge >= 0.3 is 6.09 Å². The Labute approximate surface area is 168 Å². The highest BCUT2D eigenvalue weighted by molar-refractivity contribution is 6.35. The number of hydrogen-bond acceptors (Lipinski definition) is 6. The van der Waals surface area contributed by atoms with E-state index in [2.05, 4.69) is 11.4 Å². The van der Waals surface area contributed by atoms with Crippen molar-refractivity contribution in [1.82, 2.24) is 5.32 Å². The first-order valence-corrected chi connectivity index (χ1v) is 9.67. The van der Waals surface area contributed by atoms with Crippen LogP contribution in [-0.4, -0.2) is 50.1 Å². The zero-order valence-electron chi connectivity index (χ0n) is 15.5. The maximum Gasteiger partial charge on any atom is 0.407 e. The number of alkyl carbamates (subject to hydrolysis) is 1. The Balaban J connectivity index is 1.43. The molecule has 1 unspecified atom stereocenters. The van der Waals surface area contributed by atoms with Crippen molar-refractivity contribution in [2.45, 2.75) is 31.3 Å². The Morgan fingerprint density at radius 3 is 2.68 bits per heavy atom. The number of fused-ring (bicyclic) bond motifs is 1. The lowest BCUT2D eigenvalue weighted by Crippen LogP contribution is -2.33. The molecule has 0 bridgehead atoms. The van der Waals surface area contributed by atoms with Crippen LogP contribution in [0.3, 0.4) is 0 Å². The second kappa shape index (κ2) is 10.0. The van der Waals surface area contributed by atoms with Crippen molar-refractivity contribution in [2.24, 2.45) is 5.73 Å². The van der Waals surface area contributed by atoms with Gasteiger partial charge in [0.25, 0.3) is 0 Å². The summed E-state index contributed by atoms with van der Waals surface area (Å²) in [6.07, 6.45) is -0.725. The number of aliphatic hydroxyl groups is 1. The monoisotopic (exact) mass is 408 g/mol. The van der Waals surface area contributed by atoms with Crippen molar-refractivity contribution < 1.29 is 24.1 Å². The number of nitrogens with two attached hydrogens (primary N) is 1. The van der Waals surface area contributed by atoms with Crippen LogP contribution in [0.25, 0.3) is 10.8 Å². The third-order valence-electron chi connectivity index (χ3n) is 4.58. The van der Waals surface area contributed by atoms with Crippen LogP contribution in [0.1, 0.15) is 24.3 Å². The number of hydrogen-bond donors (Lipinski definition) is 3. The fraction of sp³-hybridized carbons (Fsp3) is 0.450. The number of aliphatic hydroxyl groups excluding tert-OH is 1. The van der Waals surface area contributed by atoms with E-state index in [1.54, 1.807) is 0 Å². The molecular weight excluding hydrogens is 384 g/mol. The number of carbonyl (C=O) groups excluding carboxylic acids is 1. The average molecular weight is 409 g/mol. The molecule has 152 valence electrons. The summed E-state index contributed by atoms with van der Waals surface area (Å²) < 4.78 is 16.4. The van der Waals surface area contributed by atoms with Gasteiger partial charge in [-0.1, -0.05) is 41.9 Å². The van der Waals surface area contributed by atoms with Gasteiger partial charge in [0.05, 0.1) is 13.2 Å². The molecule has 3 rings (SSSR count). The Kier molecular flexibility index (Phi) is 7.47. The molecule has 1 aliphatic rings. The second-order valence-corrected chi connectivity index (χ2v) is 7.12. The van der Waals surface area contributed by atoms with Crippen molar-refractivity contribution in [3.8, 4) is 0 Å². The van der Waals surface area contributed by atoms with Crippen molar-refractivity contribution >= 4 is 28.5 Å². The Morgan fingerprint density at radius 2 is 1.96 bits per heavy atom. The molecule has 1 fully saturated rings. The number of nitrogens with one attached hydrogen (secondary N) is 1. The molecule has 0 aliphatic carbocycles. The summed E-state index contributed by atoms with van der Waals surface area (Å²) in [4.78, 5) is 11.4. The van der Waals surface area contributed by atoms with Crippen molar-refractivity contribution in [3.63, 3.8) is 0 Å². The summed E-state index contributed by atoms with van der Waals surface area (Å²) in [5.41, 5.74) is 6.27. The number of halogens is 1. The lowest BCUT2D eigenvalue weighted by Gasteiger charge is -2.30. The van der Waals surface area contributed by atoms with Crippen molar-refractivity contribution in [3.05, 3.63) is 47.0 Å². The third-order valence-corrected chi connectivity index (χ3v) is 4.91. The molecule has 8 heteroatoms. The summed E-state index contributed by atoms with van der Waals surface area (Å²) in [5, 5.41) is 14.3. The largest absolute Gasteiger partial charge is 0.445 e. The van der Waals surface area contributed by atoms with Crippen LogP contribution < -0.4 is 11.1 Å². The fourth-order valence-electron chi connectivity index (χ4n) is 3.20. The fourth-order valence-corrected chi connectivity index (χ4v) is 3.43. The molecule has 0 aromatic heterocycles. The molecule has 28 heavy (non-hydrogen) atoms. The second-order valence-electron chi connectivity index (χ2n) is 6.71. The number of carbonyl (C=O) groups is 1. The van der Waals surface area contributed by atoms with Gasteiger partial charge in [-0.05, 0) is 23.4 Å². The topological polar surface area (TPSA) is 103 Å². The van der Waals surface area contributed by atoms with E-state index in [1.807, 2.05) is 30.3 Å². The van der Waals surface area contributed by atoms with Gasteiger partial charge in [-0.25, -0.2) is 4.79 Å². The SMILES string of the molecule is NC(O)COC(=O)NCCCC1OCC(c2ccc(Cl)c3ccccc23)CO1. The molecule has 2 aromatic carbocycles. The van der Waals surface area contributed by atoms with Crippen LogP contribution in [0, 0.1) is 0 Å². The number of rotatable bonds is 7. The molecule has 7 nitrogen and oxygen atoms in total. The van der Waals surface area contributed by atoms with Gasteiger partial charge in [0.15, 0.2) is 6.29 Å². The molecule has 1 atom stereocenters. The van der Waals surface area contributed by atoms with Gasteiger partial charge in [-0.2, -0.15) is 0 Å². The Hall–Kier alpha value is -1.90. The van der Waals surface area contributed by atoms with Crippen LogP contribution in [0.15, 0.2) is 36.4 Å². The predicted octanol–water partition coefficient (Wildman–Crippen LogP) is 2.73. The summed E-state index contributed by atoms with van der Waals surface area (Å²) in [7, 11) is 0. The predicted molar refractivity (Wildman–Crippen MR) is 106 cm³/mol. The van der Waals surface area contributed by atoms with E-state index in [-0.39, 0.29) is 18.8 Å². The van der Waals surface area contributed by atoms with E-state index in [0.29, 0.717) is 32.6 Å². The molecule has 0 radical (unpaired) electrons. The zero-order valence-corrected chi connectivity index (χ0v) is 16.2. The van der Waals surface area contributed by atoms with Gasteiger partial charge in [-0.15, -0.1) is 0 Å². The van der Waals surface area contributed by atoms with Crippen LogP contribution in [-0.2, 0) is 14.2 Å². The molecule has 0 saturated carbocycles. The van der Waals surface area contributed by atoms with Gasteiger partial charge in [-0.3, -0.25) is 0 Å². The quantitative estimate of drug-likeness (QED) is 0.481. The molecule has 2 aromatic rings. The Morgan fingerprint density at radius 1 is 1.25 bits per heavy atom. The first-order chi connectivity index (χ1) is 13.5. The van der Waals surface area contributed by atoms with E-state index in [4.69, 9.17) is 36.7 Å². The van der Waals surface area contributed by atoms with Gasteiger partial charge < -0.3 is 30.4 Å². The number of ether oxygens (including phenoxy) is 3. The molecule has 1 aliphatic heterocycles. The maximum atomic E-state index is 11.4. The van der Waals surface area contributed by atoms with Crippen molar-refractivity contribution in [1.29, 1.82) is 0 Å². The minimum atomic E-state index is -1.17. The van der Waals surface area contributed by atoms with Crippen LogP contribution >= 0.6 is 11.6 Å². The van der Waals surface area contributed by atoms with E-state index in [9.17, 15) is 4.79 Å². The highest BCUT2D eigenvalue weighted by atomic mass is 35.5. The van der Waals surface area contributed by atoms with E-state index >= 15 is 0 Å². The highest BCUT2D eigenvalue weighted by Gasteiger charge is 2.24. The van der Waals surface area contributed by atoms with Gasteiger partial charge in [0.2, 0.25) is 0 Å². The number of benzene rings is 2. The number of amides is 1. The first kappa shape index (κ1) is 20.8. The standard InChI is InChI=1S/C20H25ClN2O5/c21-17-8-7-14(15-4-1-2-5-16(15)17)13-10-26-19(27-11-13)6-3-9-23-20(25)28-12-18(22)24/h1-2,4-5,7-8,13,18-19,24H,3,6,9-12,22H2,(H,23,25). The summed E-state index contributed by atoms with van der Waals surface area (Å²) >= 11 is 6.30. The average Bonchev–Trinajstić information content (AvgIpc) is 2.71. The Bertz CT molecular complexity index is 793. The molecule has 1 heterocycles. The van der Waals surface area contributed by atoms with Crippen LogP contribution in [0.2, 0.25) is 5.02 Å². The molecular formula is C20H25ClN2O5. The molecule has 0 spiro atoms. The van der Waals surface area contributed by atoms with E-state index < -0.39 is 12.3 Å². The maximum absolute atomic E-state index is 11.4. The summed E-state index contributed by atoms with van der Waals surface area (Å²) in [6, 6.07) is 12.0. The molecule has 4 N–H and O–H groups in total. The van der Waals surface area contributed by atoms with Crippen LogP contribution in [0.5, 0.6) is 0 Å². The molecule has 1 saturated heterocycles. The summed E-state index contributed by atoms with van der Waals surface area (Å²) in [6.45, 7) is 1.33. The smallest absolute Gasteiger partial charge is 0.407 e. The normalized spacial score (nSPS) is 20.7.